The van der Waals surface area contributed by atoms with Crippen LogP contribution in [-0.2, 0) is 11.3 Å². The maximum atomic E-state index is 9.70. The van der Waals surface area contributed by atoms with Gasteiger partial charge in [0.25, 0.3) is 0 Å². The summed E-state index contributed by atoms with van der Waals surface area (Å²) in [5.74, 6) is 0.600. The summed E-state index contributed by atoms with van der Waals surface area (Å²) in [6.07, 6.45) is 3.38. The van der Waals surface area contributed by atoms with Crippen LogP contribution in [0.4, 0.5) is 0 Å². The van der Waals surface area contributed by atoms with Gasteiger partial charge in [-0.1, -0.05) is 13.3 Å². The standard InChI is InChI=1S/C14H24N2O3/c1-3-4-7-19-11-13(17)10-15-9-12-5-6-16-14(8-12)18-2/h5-6,8,13,15,17H,3-4,7,9-11H2,1-2H3. The zero-order valence-corrected chi connectivity index (χ0v) is 11.8. The fourth-order valence-electron chi connectivity index (χ4n) is 1.58. The molecular weight excluding hydrogens is 244 g/mol. The van der Waals surface area contributed by atoms with E-state index in [1.807, 2.05) is 12.1 Å². The predicted molar refractivity (Wildman–Crippen MR) is 74.2 cm³/mol. The minimum Gasteiger partial charge on any atom is -0.481 e. The van der Waals surface area contributed by atoms with Gasteiger partial charge in [0.1, 0.15) is 0 Å². The topological polar surface area (TPSA) is 63.6 Å². The van der Waals surface area contributed by atoms with Crippen LogP contribution in [0.2, 0.25) is 0 Å². The average molecular weight is 268 g/mol. The molecule has 1 heterocycles. The predicted octanol–water partition coefficient (Wildman–Crippen LogP) is 1.36. The Morgan fingerprint density at radius 2 is 2.32 bits per heavy atom. The van der Waals surface area contributed by atoms with Gasteiger partial charge >= 0.3 is 0 Å². The Kier molecular flexibility index (Phi) is 8.13. The van der Waals surface area contributed by atoms with Crippen LogP contribution in [-0.4, -0.2) is 43.1 Å². The Balaban J connectivity index is 2.15. The number of hydrogen-bond acceptors (Lipinski definition) is 5. The highest BCUT2D eigenvalue weighted by molar-refractivity contribution is 5.20. The van der Waals surface area contributed by atoms with E-state index in [0.717, 1.165) is 25.0 Å². The van der Waals surface area contributed by atoms with Crippen molar-refractivity contribution in [3.8, 4) is 5.88 Å². The third kappa shape index (κ3) is 7.10. The Hall–Kier alpha value is -1.17. The highest BCUT2D eigenvalue weighted by Crippen LogP contribution is 2.07. The number of rotatable bonds is 10. The molecule has 0 spiro atoms. The van der Waals surface area contributed by atoms with Crippen LogP contribution in [0.5, 0.6) is 5.88 Å². The SMILES string of the molecule is CCCCOCC(O)CNCc1ccnc(OC)c1. The molecule has 0 bridgehead atoms. The molecule has 0 saturated heterocycles. The highest BCUT2D eigenvalue weighted by atomic mass is 16.5. The number of hydrogen-bond donors (Lipinski definition) is 2. The zero-order valence-electron chi connectivity index (χ0n) is 11.8. The molecule has 0 radical (unpaired) electrons. The van der Waals surface area contributed by atoms with E-state index in [1.54, 1.807) is 13.3 Å². The molecule has 0 aliphatic heterocycles. The maximum absolute atomic E-state index is 9.70. The summed E-state index contributed by atoms with van der Waals surface area (Å²) in [6.45, 7) is 4.40. The molecule has 0 amide bonds. The summed E-state index contributed by atoms with van der Waals surface area (Å²) >= 11 is 0. The number of nitrogens with one attached hydrogen (secondary N) is 1. The van der Waals surface area contributed by atoms with Gasteiger partial charge in [-0.15, -0.1) is 0 Å². The van der Waals surface area contributed by atoms with Gasteiger partial charge in [0.2, 0.25) is 5.88 Å². The molecule has 5 nitrogen and oxygen atoms in total. The molecular formula is C14H24N2O3. The molecule has 1 atom stereocenters. The summed E-state index contributed by atoms with van der Waals surface area (Å²) in [5, 5.41) is 12.9. The molecule has 0 aliphatic carbocycles. The molecule has 0 fully saturated rings. The Bertz CT molecular complexity index is 347. The quantitative estimate of drug-likeness (QED) is 0.627. The first kappa shape index (κ1) is 15.9. The zero-order chi connectivity index (χ0) is 13.9. The number of aliphatic hydroxyl groups is 1. The molecule has 0 saturated carbocycles. The molecule has 1 unspecified atom stereocenters. The lowest BCUT2D eigenvalue weighted by atomic mass is 10.2. The summed E-state index contributed by atoms with van der Waals surface area (Å²) in [4.78, 5) is 4.04. The van der Waals surface area contributed by atoms with Crippen LogP contribution in [0.15, 0.2) is 18.3 Å². The van der Waals surface area contributed by atoms with Gasteiger partial charge in [-0.3, -0.25) is 0 Å². The largest absolute Gasteiger partial charge is 0.481 e. The number of pyridine rings is 1. The van der Waals surface area contributed by atoms with Gasteiger partial charge in [-0.25, -0.2) is 4.98 Å². The van der Waals surface area contributed by atoms with Gasteiger partial charge in [0.05, 0.1) is 19.8 Å². The number of methoxy groups -OCH3 is 1. The molecule has 5 heteroatoms. The average Bonchev–Trinajstić information content (AvgIpc) is 2.44. The lowest BCUT2D eigenvalue weighted by molar-refractivity contribution is 0.0358. The van der Waals surface area contributed by atoms with E-state index in [9.17, 15) is 5.11 Å². The van der Waals surface area contributed by atoms with Crippen LogP contribution < -0.4 is 10.1 Å². The fourth-order valence-corrected chi connectivity index (χ4v) is 1.58. The van der Waals surface area contributed by atoms with E-state index in [0.29, 0.717) is 25.6 Å². The molecule has 108 valence electrons. The number of aromatic nitrogens is 1. The third-order valence-electron chi connectivity index (χ3n) is 2.67. The van der Waals surface area contributed by atoms with Crippen molar-refractivity contribution in [2.45, 2.75) is 32.4 Å². The Labute approximate surface area is 115 Å². The van der Waals surface area contributed by atoms with E-state index in [-0.39, 0.29) is 0 Å². The van der Waals surface area contributed by atoms with Crippen molar-refractivity contribution in [2.24, 2.45) is 0 Å². The fraction of sp³-hybridized carbons (Fsp3) is 0.643. The van der Waals surface area contributed by atoms with E-state index >= 15 is 0 Å². The molecule has 2 N–H and O–H groups in total. The van der Waals surface area contributed by atoms with E-state index in [4.69, 9.17) is 9.47 Å². The van der Waals surface area contributed by atoms with Crippen LogP contribution in [0, 0.1) is 0 Å². The van der Waals surface area contributed by atoms with Gasteiger partial charge in [-0.2, -0.15) is 0 Å². The van der Waals surface area contributed by atoms with E-state index < -0.39 is 6.10 Å². The molecule has 1 aromatic rings. The number of unbranched alkanes of at least 4 members (excludes halogenated alkanes) is 1. The molecule has 0 aromatic carbocycles. The molecule has 1 rings (SSSR count). The van der Waals surface area contributed by atoms with Crippen molar-refractivity contribution in [1.29, 1.82) is 0 Å². The summed E-state index contributed by atoms with van der Waals surface area (Å²) in [5.41, 5.74) is 1.07. The Morgan fingerprint density at radius 1 is 1.47 bits per heavy atom. The van der Waals surface area contributed by atoms with Crippen LogP contribution >= 0.6 is 0 Å². The number of ether oxygens (including phenoxy) is 2. The van der Waals surface area contributed by atoms with Gasteiger partial charge in [0.15, 0.2) is 0 Å². The van der Waals surface area contributed by atoms with Gasteiger partial charge in [0, 0.05) is 32.0 Å². The second-order valence-electron chi connectivity index (χ2n) is 4.42. The van der Waals surface area contributed by atoms with Crippen LogP contribution in [0.1, 0.15) is 25.3 Å². The van der Waals surface area contributed by atoms with Crippen LogP contribution in [0.3, 0.4) is 0 Å². The van der Waals surface area contributed by atoms with Crippen molar-refractivity contribution in [1.82, 2.24) is 10.3 Å². The highest BCUT2D eigenvalue weighted by Gasteiger charge is 2.04. The minimum atomic E-state index is -0.472. The Morgan fingerprint density at radius 3 is 3.05 bits per heavy atom. The molecule has 0 aliphatic rings. The third-order valence-corrected chi connectivity index (χ3v) is 2.67. The number of nitrogens with zero attached hydrogens (tertiary/aromatic N) is 1. The lowest BCUT2D eigenvalue weighted by Crippen LogP contribution is -2.30. The lowest BCUT2D eigenvalue weighted by Gasteiger charge is -2.12. The van der Waals surface area contributed by atoms with E-state index in [1.165, 1.54) is 0 Å². The van der Waals surface area contributed by atoms with Gasteiger partial charge in [-0.05, 0) is 18.1 Å². The summed E-state index contributed by atoms with van der Waals surface area (Å²) in [6, 6.07) is 3.79. The van der Waals surface area contributed by atoms with Crippen molar-refractivity contribution < 1.29 is 14.6 Å². The van der Waals surface area contributed by atoms with Crippen molar-refractivity contribution >= 4 is 0 Å². The van der Waals surface area contributed by atoms with Crippen molar-refractivity contribution in [2.75, 3.05) is 26.9 Å². The maximum Gasteiger partial charge on any atom is 0.213 e. The first-order chi connectivity index (χ1) is 9.26. The summed E-state index contributed by atoms with van der Waals surface area (Å²) < 4.78 is 10.4. The molecule has 19 heavy (non-hydrogen) atoms. The van der Waals surface area contributed by atoms with E-state index in [2.05, 4.69) is 17.2 Å². The monoisotopic (exact) mass is 268 g/mol. The normalized spacial score (nSPS) is 12.4. The number of aliphatic hydroxyl groups excluding tert-OH is 1. The van der Waals surface area contributed by atoms with Gasteiger partial charge < -0.3 is 19.9 Å². The first-order valence-corrected chi connectivity index (χ1v) is 6.71. The van der Waals surface area contributed by atoms with Crippen molar-refractivity contribution in [3.05, 3.63) is 23.9 Å². The second-order valence-corrected chi connectivity index (χ2v) is 4.42. The van der Waals surface area contributed by atoms with Crippen molar-refractivity contribution in [3.63, 3.8) is 0 Å². The van der Waals surface area contributed by atoms with Crippen LogP contribution in [0.25, 0.3) is 0 Å². The summed E-state index contributed by atoms with van der Waals surface area (Å²) in [7, 11) is 1.59. The minimum absolute atomic E-state index is 0.382. The molecule has 1 aromatic heterocycles. The second kappa shape index (κ2) is 9.72. The smallest absolute Gasteiger partial charge is 0.213 e. The first-order valence-electron chi connectivity index (χ1n) is 6.71.